The number of allylic oxidation sites excluding steroid dienone is 1. The molecule has 0 bridgehead atoms. The maximum Gasteiger partial charge on any atom is 0.243 e. The molecule has 0 spiro atoms. The third-order valence-electron chi connectivity index (χ3n) is 4.02. The number of benzene rings is 2. The molecule has 0 radical (unpaired) electrons. The highest BCUT2D eigenvalue weighted by Gasteiger charge is 2.48. The lowest BCUT2D eigenvalue weighted by Crippen LogP contribution is -2.51. The van der Waals surface area contributed by atoms with Crippen LogP contribution in [0.25, 0.3) is 0 Å². The van der Waals surface area contributed by atoms with Gasteiger partial charge < -0.3 is 4.74 Å². The number of rotatable bonds is 5. The van der Waals surface area contributed by atoms with Crippen LogP contribution in [0.4, 0.5) is 0 Å². The summed E-state index contributed by atoms with van der Waals surface area (Å²) in [6.07, 6.45) is 0. The van der Waals surface area contributed by atoms with Gasteiger partial charge in [0.15, 0.2) is 5.72 Å². The molecule has 142 valence electrons. The molecule has 2 aromatic carbocycles. The Morgan fingerprint density at radius 3 is 2.30 bits per heavy atom. The third-order valence-corrected chi connectivity index (χ3v) is 6.63. The zero-order chi connectivity index (χ0) is 19.8. The quantitative estimate of drug-likeness (QED) is 0.691. The molecule has 1 aliphatic rings. The van der Waals surface area contributed by atoms with Gasteiger partial charge in [0, 0.05) is 22.8 Å². The van der Waals surface area contributed by atoms with E-state index in [1.54, 1.807) is 25.1 Å². The Morgan fingerprint density at radius 1 is 1.04 bits per heavy atom. The highest BCUT2D eigenvalue weighted by Crippen LogP contribution is 2.44. The van der Waals surface area contributed by atoms with E-state index in [1.807, 2.05) is 0 Å². The number of ketones is 1. The minimum Gasteiger partial charge on any atom is -0.350 e. The van der Waals surface area contributed by atoms with Gasteiger partial charge in [-0.15, -0.1) is 0 Å². The van der Waals surface area contributed by atoms with Gasteiger partial charge in [-0.1, -0.05) is 59.1 Å². The van der Waals surface area contributed by atoms with Crippen LogP contribution >= 0.6 is 34.8 Å². The Balaban J connectivity index is 2.21. The van der Waals surface area contributed by atoms with Crippen LogP contribution < -0.4 is 4.72 Å². The van der Waals surface area contributed by atoms with Gasteiger partial charge in [-0.25, -0.2) is 8.42 Å². The van der Waals surface area contributed by atoms with Gasteiger partial charge in [-0.05, 0) is 31.2 Å². The lowest BCUT2D eigenvalue weighted by atomic mass is 9.89. The van der Waals surface area contributed by atoms with Crippen LogP contribution in [0.15, 0.2) is 63.5 Å². The number of hydrogen-bond acceptors (Lipinski definition) is 4. The minimum atomic E-state index is -4.10. The standard InChI is InChI=1S/C18H14Cl3NO4S/c1-2-26-18(22-27(24,25)12-9-7-11(19)8-10-12)14-6-4-3-5-13(14)16(23)15(20)17(18)21/h3-10,22H,2H2,1H3. The number of halogens is 3. The Bertz CT molecular complexity index is 1030. The molecule has 1 N–H and O–H groups in total. The molecule has 0 saturated carbocycles. The minimum absolute atomic E-state index is 0.0408. The molecule has 1 unspecified atom stereocenters. The second-order valence-electron chi connectivity index (χ2n) is 5.68. The van der Waals surface area contributed by atoms with Gasteiger partial charge >= 0.3 is 0 Å². The number of hydrogen-bond donors (Lipinski definition) is 1. The number of fused-ring (bicyclic) bond motifs is 1. The SMILES string of the molecule is CCOC1(NS(=O)(=O)c2ccc(Cl)cc2)C(Cl)=C(Cl)C(=O)c2ccccc21. The Labute approximate surface area is 171 Å². The van der Waals surface area contributed by atoms with Crippen molar-refractivity contribution in [3.8, 4) is 0 Å². The molecular weight excluding hydrogens is 433 g/mol. The molecule has 0 amide bonds. The summed E-state index contributed by atoms with van der Waals surface area (Å²) in [7, 11) is -4.10. The highest BCUT2D eigenvalue weighted by molar-refractivity contribution is 7.89. The second-order valence-corrected chi connectivity index (χ2v) is 8.55. The average molecular weight is 447 g/mol. The molecule has 0 fully saturated rings. The Kier molecular flexibility index (Phi) is 5.68. The first-order valence-corrected chi connectivity index (χ1v) is 10.5. The van der Waals surface area contributed by atoms with Crippen molar-refractivity contribution < 1.29 is 17.9 Å². The van der Waals surface area contributed by atoms with Crippen LogP contribution in [-0.2, 0) is 20.5 Å². The van der Waals surface area contributed by atoms with Crippen LogP contribution in [-0.4, -0.2) is 20.8 Å². The molecule has 1 atom stereocenters. The highest BCUT2D eigenvalue weighted by atomic mass is 35.5. The van der Waals surface area contributed by atoms with E-state index in [1.165, 1.54) is 30.3 Å². The van der Waals surface area contributed by atoms with Crippen molar-refractivity contribution in [2.75, 3.05) is 6.61 Å². The van der Waals surface area contributed by atoms with Gasteiger partial charge in [-0.3, -0.25) is 4.79 Å². The zero-order valence-corrected chi connectivity index (χ0v) is 17.1. The summed E-state index contributed by atoms with van der Waals surface area (Å²) in [5.41, 5.74) is -1.35. The van der Waals surface area contributed by atoms with Crippen molar-refractivity contribution in [1.29, 1.82) is 0 Å². The molecule has 2 aromatic rings. The summed E-state index contributed by atoms with van der Waals surface area (Å²) in [4.78, 5) is 12.4. The van der Waals surface area contributed by atoms with Crippen LogP contribution in [0.1, 0.15) is 22.8 Å². The predicted octanol–water partition coefficient (Wildman–Crippen LogP) is 4.39. The number of nitrogens with one attached hydrogen (secondary N) is 1. The van der Waals surface area contributed by atoms with E-state index in [-0.39, 0.29) is 32.7 Å². The molecular formula is C18H14Cl3NO4S. The first-order valence-electron chi connectivity index (χ1n) is 7.86. The maximum atomic E-state index is 13.0. The normalized spacial score (nSPS) is 19.9. The Hall–Kier alpha value is -1.41. The van der Waals surface area contributed by atoms with Crippen LogP contribution in [0, 0.1) is 0 Å². The van der Waals surface area contributed by atoms with Crippen LogP contribution in [0.3, 0.4) is 0 Å². The maximum absolute atomic E-state index is 13.0. The predicted molar refractivity (Wildman–Crippen MR) is 105 cm³/mol. The van der Waals surface area contributed by atoms with E-state index < -0.39 is 21.5 Å². The third kappa shape index (κ3) is 3.53. The van der Waals surface area contributed by atoms with E-state index >= 15 is 0 Å². The fraction of sp³-hybridized carbons (Fsp3) is 0.167. The van der Waals surface area contributed by atoms with Gasteiger partial charge in [0.25, 0.3) is 0 Å². The molecule has 1 aliphatic carbocycles. The monoisotopic (exact) mass is 445 g/mol. The first-order chi connectivity index (χ1) is 12.7. The summed E-state index contributed by atoms with van der Waals surface area (Å²) in [5, 5.41) is -0.155. The largest absolute Gasteiger partial charge is 0.350 e. The van der Waals surface area contributed by atoms with E-state index in [0.29, 0.717) is 5.02 Å². The number of carbonyl (C=O) groups excluding carboxylic acids is 1. The lowest BCUT2D eigenvalue weighted by Gasteiger charge is -2.38. The molecule has 0 heterocycles. The summed E-state index contributed by atoms with van der Waals surface area (Å²) < 4.78 is 34.2. The van der Waals surface area contributed by atoms with Crippen LogP contribution in [0.5, 0.6) is 0 Å². The molecule has 27 heavy (non-hydrogen) atoms. The summed E-state index contributed by atoms with van der Waals surface area (Å²) in [6.45, 7) is 1.78. The number of carbonyl (C=O) groups is 1. The number of sulfonamides is 1. The van der Waals surface area contributed by atoms with Crippen molar-refractivity contribution in [3.05, 3.63) is 74.7 Å². The molecule has 0 aromatic heterocycles. The van der Waals surface area contributed by atoms with E-state index in [0.717, 1.165) is 0 Å². The molecule has 0 aliphatic heterocycles. The van der Waals surface area contributed by atoms with Crippen molar-refractivity contribution >= 4 is 50.6 Å². The van der Waals surface area contributed by atoms with Crippen LogP contribution in [0.2, 0.25) is 5.02 Å². The van der Waals surface area contributed by atoms with Crippen molar-refractivity contribution in [2.24, 2.45) is 0 Å². The second kappa shape index (κ2) is 7.54. The lowest BCUT2D eigenvalue weighted by molar-refractivity contribution is -0.0195. The molecule has 3 rings (SSSR count). The van der Waals surface area contributed by atoms with Gasteiger partial charge in [0.05, 0.1) is 9.93 Å². The summed E-state index contributed by atoms with van der Waals surface area (Å²) >= 11 is 18.3. The topological polar surface area (TPSA) is 72.5 Å². The van der Waals surface area contributed by atoms with Gasteiger partial charge in [-0.2, -0.15) is 4.72 Å². The summed E-state index contributed by atoms with van der Waals surface area (Å²) in [6, 6.07) is 12.0. The smallest absolute Gasteiger partial charge is 0.243 e. The van der Waals surface area contributed by atoms with Gasteiger partial charge in [0.1, 0.15) is 5.03 Å². The van der Waals surface area contributed by atoms with Crippen molar-refractivity contribution in [2.45, 2.75) is 17.5 Å². The fourth-order valence-electron chi connectivity index (χ4n) is 2.83. The average Bonchev–Trinajstić information content (AvgIpc) is 2.65. The van der Waals surface area contributed by atoms with E-state index in [4.69, 9.17) is 39.5 Å². The first kappa shape index (κ1) is 20.3. The van der Waals surface area contributed by atoms with Gasteiger partial charge in [0.2, 0.25) is 15.8 Å². The number of ether oxygens (including phenoxy) is 1. The Morgan fingerprint density at radius 2 is 1.67 bits per heavy atom. The fourth-order valence-corrected chi connectivity index (χ4v) is 4.80. The van der Waals surface area contributed by atoms with E-state index in [2.05, 4.69) is 4.72 Å². The van der Waals surface area contributed by atoms with E-state index in [9.17, 15) is 13.2 Å². The molecule has 9 heteroatoms. The van der Waals surface area contributed by atoms with Crippen molar-refractivity contribution in [1.82, 2.24) is 4.72 Å². The zero-order valence-electron chi connectivity index (χ0n) is 14.0. The molecule has 5 nitrogen and oxygen atoms in total. The summed E-state index contributed by atoms with van der Waals surface area (Å²) in [5.74, 6) is -0.502. The van der Waals surface area contributed by atoms with Crippen molar-refractivity contribution in [3.63, 3.8) is 0 Å². The number of Topliss-reactive ketones (excluding diaryl/α,β-unsaturated/α-hetero) is 1. The molecule has 0 saturated heterocycles.